The molecule has 6 nitrogen and oxygen atoms in total. The Morgan fingerprint density at radius 2 is 1.74 bits per heavy atom. The van der Waals surface area contributed by atoms with E-state index >= 15 is 0 Å². The lowest BCUT2D eigenvalue weighted by molar-refractivity contribution is 0.0205. The lowest BCUT2D eigenvalue weighted by Crippen LogP contribution is -2.41. The van der Waals surface area contributed by atoms with Crippen molar-refractivity contribution in [2.24, 2.45) is 0 Å². The number of hydrogen-bond donors (Lipinski definition) is 0. The average Bonchev–Trinajstić information content (AvgIpc) is 2.63. The fourth-order valence-corrected chi connectivity index (χ4v) is 3.08. The van der Waals surface area contributed by atoms with Crippen molar-refractivity contribution in [2.75, 3.05) is 13.1 Å². The van der Waals surface area contributed by atoms with Crippen molar-refractivity contribution in [3.63, 3.8) is 0 Å². The third-order valence-corrected chi connectivity index (χ3v) is 4.48. The van der Waals surface area contributed by atoms with Crippen LogP contribution >= 0.6 is 0 Å². The van der Waals surface area contributed by atoms with Crippen LogP contribution in [0.5, 0.6) is 11.6 Å². The van der Waals surface area contributed by atoms with E-state index < -0.39 is 5.60 Å². The van der Waals surface area contributed by atoms with E-state index in [4.69, 9.17) is 9.47 Å². The van der Waals surface area contributed by atoms with Crippen LogP contribution < -0.4 is 4.74 Å². The number of piperidine rings is 1. The number of hydrogen-bond acceptors (Lipinski definition) is 5. The van der Waals surface area contributed by atoms with Crippen molar-refractivity contribution in [1.82, 2.24) is 14.9 Å². The molecule has 1 aromatic heterocycles. The van der Waals surface area contributed by atoms with Gasteiger partial charge in [0.2, 0.25) is 5.88 Å². The van der Waals surface area contributed by atoms with Gasteiger partial charge in [-0.05, 0) is 64.2 Å². The van der Waals surface area contributed by atoms with Crippen LogP contribution in [0.4, 0.5) is 4.79 Å². The first-order valence-electron chi connectivity index (χ1n) is 9.34. The Balaban J connectivity index is 1.54. The number of carbonyl (C=O) groups is 1. The highest BCUT2D eigenvalue weighted by atomic mass is 16.6. The lowest BCUT2D eigenvalue weighted by Gasteiger charge is -2.33. The van der Waals surface area contributed by atoms with E-state index in [0.29, 0.717) is 11.8 Å². The number of ether oxygens (including phenoxy) is 2. The minimum absolute atomic E-state index is 0.219. The molecule has 3 rings (SSSR count). The summed E-state index contributed by atoms with van der Waals surface area (Å²) in [6.07, 6.45) is 4.95. The molecular formula is C21H27N3O3. The van der Waals surface area contributed by atoms with Crippen molar-refractivity contribution in [3.8, 4) is 11.6 Å². The van der Waals surface area contributed by atoms with Gasteiger partial charge >= 0.3 is 6.09 Å². The lowest BCUT2D eigenvalue weighted by atomic mass is 9.89. The zero-order valence-corrected chi connectivity index (χ0v) is 16.4. The maximum Gasteiger partial charge on any atom is 0.410 e. The van der Waals surface area contributed by atoms with Gasteiger partial charge in [-0.1, -0.05) is 12.1 Å². The molecule has 1 aromatic carbocycles. The minimum Gasteiger partial charge on any atom is -0.444 e. The summed E-state index contributed by atoms with van der Waals surface area (Å²) < 4.78 is 11.2. The molecule has 0 spiro atoms. The fraction of sp³-hybridized carbons (Fsp3) is 0.476. The highest BCUT2D eigenvalue weighted by molar-refractivity contribution is 5.68. The van der Waals surface area contributed by atoms with Crippen LogP contribution in [0.2, 0.25) is 0 Å². The number of rotatable bonds is 3. The molecular weight excluding hydrogens is 342 g/mol. The van der Waals surface area contributed by atoms with Crippen LogP contribution in [0.15, 0.2) is 36.7 Å². The van der Waals surface area contributed by atoms with Crippen molar-refractivity contribution in [2.45, 2.75) is 52.1 Å². The van der Waals surface area contributed by atoms with Gasteiger partial charge in [0.25, 0.3) is 0 Å². The minimum atomic E-state index is -0.453. The maximum absolute atomic E-state index is 12.2. The molecule has 0 unspecified atom stereocenters. The van der Waals surface area contributed by atoms with E-state index in [1.165, 1.54) is 5.56 Å². The number of likely N-dealkylation sites (tertiary alicyclic amines) is 1. The summed E-state index contributed by atoms with van der Waals surface area (Å²) in [5.74, 6) is 1.67. The molecule has 0 radical (unpaired) electrons. The molecule has 0 saturated carbocycles. The Morgan fingerprint density at radius 1 is 1.07 bits per heavy atom. The van der Waals surface area contributed by atoms with Gasteiger partial charge in [-0.25, -0.2) is 9.78 Å². The first-order chi connectivity index (χ1) is 12.8. The summed E-state index contributed by atoms with van der Waals surface area (Å²) in [6.45, 7) is 9.00. The number of carbonyl (C=O) groups excluding carboxylic acids is 1. The normalized spacial score (nSPS) is 15.5. The van der Waals surface area contributed by atoms with E-state index in [0.717, 1.165) is 37.4 Å². The predicted molar refractivity (Wildman–Crippen MR) is 103 cm³/mol. The fourth-order valence-electron chi connectivity index (χ4n) is 3.08. The zero-order chi connectivity index (χ0) is 19.4. The highest BCUT2D eigenvalue weighted by Crippen LogP contribution is 2.30. The predicted octanol–water partition coefficient (Wildman–Crippen LogP) is 4.69. The number of aryl methyl sites for hydroxylation is 1. The topological polar surface area (TPSA) is 64.5 Å². The van der Waals surface area contributed by atoms with Crippen LogP contribution in [-0.2, 0) is 4.74 Å². The van der Waals surface area contributed by atoms with Crippen LogP contribution in [0.3, 0.4) is 0 Å². The Bertz CT molecular complexity index is 759. The summed E-state index contributed by atoms with van der Waals surface area (Å²) in [7, 11) is 0. The maximum atomic E-state index is 12.2. The Labute approximate surface area is 160 Å². The van der Waals surface area contributed by atoms with Gasteiger partial charge < -0.3 is 14.4 Å². The summed E-state index contributed by atoms with van der Waals surface area (Å²) >= 11 is 0. The number of amides is 1. The highest BCUT2D eigenvalue weighted by Gasteiger charge is 2.27. The Kier molecular flexibility index (Phi) is 5.63. The number of nitrogens with zero attached hydrogens (tertiary/aromatic N) is 3. The van der Waals surface area contributed by atoms with Gasteiger partial charge in [0.05, 0.1) is 18.1 Å². The number of aromatic nitrogens is 2. The van der Waals surface area contributed by atoms with Crippen LogP contribution in [0, 0.1) is 6.92 Å². The molecule has 1 aliphatic heterocycles. The summed E-state index contributed by atoms with van der Waals surface area (Å²) in [6, 6.07) is 8.09. The molecule has 0 atom stereocenters. The third-order valence-electron chi connectivity index (χ3n) is 4.48. The first-order valence-corrected chi connectivity index (χ1v) is 9.34. The number of benzene rings is 1. The molecule has 0 N–H and O–H groups in total. The molecule has 1 fully saturated rings. The molecule has 1 amide bonds. The van der Waals surface area contributed by atoms with Crippen molar-refractivity contribution < 1.29 is 14.3 Å². The Hall–Kier alpha value is -2.63. The summed E-state index contributed by atoms with van der Waals surface area (Å²) in [5, 5.41) is 0. The zero-order valence-electron chi connectivity index (χ0n) is 16.4. The second-order valence-corrected chi connectivity index (χ2v) is 7.91. The molecule has 27 heavy (non-hydrogen) atoms. The molecule has 0 aliphatic carbocycles. The van der Waals surface area contributed by atoms with E-state index in [9.17, 15) is 4.79 Å². The molecule has 144 valence electrons. The molecule has 6 heteroatoms. The largest absolute Gasteiger partial charge is 0.444 e. The second-order valence-electron chi connectivity index (χ2n) is 7.91. The molecule has 0 bridgehead atoms. The van der Waals surface area contributed by atoms with Crippen molar-refractivity contribution in [1.29, 1.82) is 0 Å². The van der Waals surface area contributed by atoms with Gasteiger partial charge in [0.15, 0.2) is 0 Å². The van der Waals surface area contributed by atoms with E-state index in [1.807, 2.05) is 39.8 Å². The van der Waals surface area contributed by atoms with E-state index in [2.05, 4.69) is 22.1 Å². The van der Waals surface area contributed by atoms with Gasteiger partial charge in [-0.2, -0.15) is 0 Å². The molecule has 1 saturated heterocycles. The molecule has 2 heterocycles. The average molecular weight is 369 g/mol. The first kappa shape index (κ1) is 19.1. The standard InChI is InChI=1S/C21H27N3O3/c1-15-13-23-19(14-22-15)26-18-7-5-16(6-8-18)17-9-11-24(12-10-17)20(25)27-21(2,3)4/h5-8,13-14,17H,9-12H2,1-4H3. The monoisotopic (exact) mass is 369 g/mol. The van der Waals surface area contributed by atoms with E-state index in [-0.39, 0.29) is 6.09 Å². The van der Waals surface area contributed by atoms with Gasteiger partial charge in [0.1, 0.15) is 11.4 Å². The van der Waals surface area contributed by atoms with E-state index in [1.54, 1.807) is 17.3 Å². The van der Waals surface area contributed by atoms with Crippen molar-refractivity contribution in [3.05, 3.63) is 47.9 Å². The van der Waals surface area contributed by atoms with Gasteiger partial charge in [-0.3, -0.25) is 4.98 Å². The van der Waals surface area contributed by atoms with Gasteiger partial charge in [0, 0.05) is 13.1 Å². The van der Waals surface area contributed by atoms with Crippen LogP contribution in [-0.4, -0.2) is 39.7 Å². The SMILES string of the molecule is Cc1cnc(Oc2ccc(C3CCN(C(=O)OC(C)(C)C)CC3)cc2)cn1. The summed E-state index contributed by atoms with van der Waals surface area (Å²) in [5.41, 5.74) is 1.67. The molecule has 1 aliphatic rings. The molecule has 2 aromatic rings. The van der Waals surface area contributed by atoms with Crippen molar-refractivity contribution >= 4 is 6.09 Å². The third kappa shape index (κ3) is 5.42. The second kappa shape index (κ2) is 7.94. The quantitative estimate of drug-likeness (QED) is 0.785. The smallest absolute Gasteiger partial charge is 0.410 e. The van der Waals surface area contributed by atoms with Crippen LogP contribution in [0.1, 0.15) is 50.8 Å². The Morgan fingerprint density at radius 3 is 2.30 bits per heavy atom. The van der Waals surface area contributed by atoms with Gasteiger partial charge in [-0.15, -0.1) is 0 Å². The van der Waals surface area contributed by atoms with Crippen LogP contribution in [0.25, 0.3) is 0 Å². The summed E-state index contributed by atoms with van der Waals surface area (Å²) in [4.78, 5) is 22.4.